The molecular formula is C11H11ClN4. The standard InChI is InChI=1S/C11H11ClN4/c1-16-6-13-5-9(16)11-14-8-4-2-3-7(8)10(12)15-11/h5-6H,2-4H2,1H3. The molecule has 0 atom stereocenters. The Morgan fingerprint density at radius 2 is 2.19 bits per heavy atom. The van der Waals surface area contributed by atoms with E-state index < -0.39 is 0 Å². The fraction of sp³-hybridized carbons (Fsp3) is 0.364. The number of imidazole rings is 1. The molecule has 0 saturated heterocycles. The van der Waals surface area contributed by atoms with Gasteiger partial charge in [-0.05, 0) is 19.3 Å². The van der Waals surface area contributed by atoms with Gasteiger partial charge in [-0.2, -0.15) is 0 Å². The van der Waals surface area contributed by atoms with Crippen molar-refractivity contribution in [1.29, 1.82) is 0 Å². The number of nitrogens with zero attached hydrogens (tertiary/aromatic N) is 4. The molecule has 0 unspecified atom stereocenters. The van der Waals surface area contributed by atoms with E-state index in [-0.39, 0.29) is 0 Å². The highest BCUT2D eigenvalue weighted by atomic mass is 35.5. The molecule has 0 saturated carbocycles. The molecule has 0 aromatic carbocycles. The average molecular weight is 235 g/mol. The van der Waals surface area contributed by atoms with E-state index in [1.807, 2.05) is 11.6 Å². The van der Waals surface area contributed by atoms with Crippen LogP contribution in [0.4, 0.5) is 0 Å². The molecule has 0 N–H and O–H groups in total. The van der Waals surface area contributed by atoms with Crippen molar-refractivity contribution in [3.05, 3.63) is 28.9 Å². The third-order valence-corrected chi connectivity index (χ3v) is 3.24. The number of hydrogen-bond acceptors (Lipinski definition) is 3. The first-order valence-corrected chi connectivity index (χ1v) is 5.65. The molecular weight excluding hydrogens is 224 g/mol. The number of aromatic nitrogens is 4. The number of fused-ring (bicyclic) bond motifs is 1. The zero-order chi connectivity index (χ0) is 11.1. The van der Waals surface area contributed by atoms with Gasteiger partial charge in [0.2, 0.25) is 0 Å². The summed E-state index contributed by atoms with van der Waals surface area (Å²) < 4.78 is 1.90. The SMILES string of the molecule is Cn1cncc1-c1nc(Cl)c2c(n1)CCC2. The fourth-order valence-electron chi connectivity index (χ4n) is 2.07. The summed E-state index contributed by atoms with van der Waals surface area (Å²) in [6, 6.07) is 0. The second kappa shape index (κ2) is 3.56. The van der Waals surface area contributed by atoms with Crippen molar-refractivity contribution in [3.63, 3.8) is 0 Å². The first kappa shape index (κ1) is 9.78. The third-order valence-electron chi connectivity index (χ3n) is 2.93. The van der Waals surface area contributed by atoms with Gasteiger partial charge in [-0.1, -0.05) is 11.6 Å². The summed E-state index contributed by atoms with van der Waals surface area (Å²) in [5.74, 6) is 0.672. The van der Waals surface area contributed by atoms with Crippen LogP contribution in [0.5, 0.6) is 0 Å². The molecule has 0 fully saturated rings. The summed E-state index contributed by atoms with van der Waals surface area (Å²) in [7, 11) is 1.92. The first-order chi connectivity index (χ1) is 7.75. The van der Waals surface area contributed by atoms with Gasteiger partial charge in [0, 0.05) is 18.3 Å². The van der Waals surface area contributed by atoms with Crippen LogP contribution >= 0.6 is 11.6 Å². The van der Waals surface area contributed by atoms with E-state index in [4.69, 9.17) is 11.6 Å². The molecule has 2 aromatic rings. The highest BCUT2D eigenvalue weighted by Gasteiger charge is 2.19. The molecule has 1 aliphatic carbocycles. The molecule has 5 heteroatoms. The van der Waals surface area contributed by atoms with Crippen molar-refractivity contribution in [2.75, 3.05) is 0 Å². The van der Waals surface area contributed by atoms with Gasteiger partial charge < -0.3 is 4.57 Å². The van der Waals surface area contributed by atoms with Crippen LogP contribution in [0.1, 0.15) is 17.7 Å². The summed E-state index contributed by atoms with van der Waals surface area (Å²) >= 11 is 6.16. The van der Waals surface area contributed by atoms with E-state index in [0.717, 1.165) is 36.2 Å². The van der Waals surface area contributed by atoms with Crippen molar-refractivity contribution in [2.45, 2.75) is 19.3 Å². The monoisotopic (exact) mass is 234 g/mol. The van der Waals surface area contributed by atoms with Crippen molar-refractivity contribution < 1.29 is 0 Å². The summed E-state index contributed by atoms with van der Waals surface area (Å²) in [5.41, 5.74) is 3.11. The quantitative estimate of drug-likeness (QED) is 0.709. The van der Waals surface area contributed by atoms with Crippen LogP contribution < -0.4 is 0 Å². The van der Waals surface area contributed by atoms with Crippen LogP contribution in [0.3, 0.4) is 0 Å². The number of aryl methyl sites for hydroxylation is 2. The zero-order valence-electron chi connectivity index (χ0n) is 8.94. The molecule has 0 amide bonds. The van der Waals surface area contributed by atoms with Gasteiger partial charge in [-0.15, -0.1) is 0 Å². The lowest BCUT2D eigenvalue weighted by atomic mass is 10.2. The molecule has 16 heavy (non-hydrogen) atoms. The Morgan fingerprint density at radius 3 is 2.94 bits per heavy atom. The highest BCUT2D eigenvalue weighted by molar-refractivity contribution is 6.30. The fourth-order valence-corrected chi connectivity index (χ4v) is 2.36. The first-order valence-electron chi connectivity index (χ1n) is 5.27. The molecule has 0 radical (unpaired) electrons. The summed E-state index contributed by atoms with van der Waals surface area (Å²) in [6.45, 7) is 0. The van der Waals surface area contributed by atoms with Crippen LogP contribution in [-0.2, 0) is 19.9 Å². The third kappa shape index (κ3) is 1.41. The van der Waals surface area contributed by atoms with E-state index in [0.29, 0.717) is 11.0 Å². The second-order valence-corrected chi connectivity index (χ2v) is 4.36. The predicted octanol–water partition coefficient (Wildman–Crippen LogP) is 2.02. The Morgan fingerprint density at radius 1 is 1.31 bits per heavy atom. The topological polar surface area (TPSA) is 43.6 Å². The molecule has 0 aliphatic heterocycles. The lowest BCUT2D eigenvalue weighted by molar-refractivity contribution is 0.891. The average Bonchev–Trinajstić information content (AvgIpc) is 2.85. The van der Waals surface area contributed by atoms with Gasteiger partial charge in [0.15, 0.2) is 5.82 Å². The summed E-state index contributed by atoms with van der Waals surface area (Å²) in [5, 5.41) is 0.596. The summed E-state index contributed by atoms with van der Waals surface area (Å²) in [6.07, 6.45) is 6.62. The van der Waals surface area contributed by atoms with Crippen LogP contribution in [0.15, 0.2) is 12.5 Å². The largest absolute Gasteiger partial charge is 0.331 e. The van der Waals surface area contributed by atoms with E-state index in [2.05, 4.69) is 15.0 Å². The lowest BCUT2D eigenvalue weighted by Crippen LogP contribution is -2.00. The van der Waals surface area contributed by atoms with Gasteiger partial charge in [0.1, 0.15) is 10.8 Å². The van der Waals surface area contributed by atoms with E-state index in [9.17, 15) is 0 Å². The van der Waals surface area contributed by atoms with Crippen molar-refractivity contribution in [2.24, 2.45) is 7.05 Å². The van der Waals surface area contributed by atoms with Gasteiger partial charge in [-0.3, -0.25) is 0 Å². The lowest BCUT2D eigenvalue weighted by Gasteiger charge is -2.05. The van der Waals surface area contributed by atoms with Crippen LogP contribution in [0, 0.1) is 0 Å². The van der Waals surface area contributed by atoms with Crippen LogP contribution in [-0.4, -0.2) is 19.5 Å². The Kier molecular flexibility index (Phi) is 2.17. The number of rotatable bonds is 1. The van der Waals surface area contributed by atoms with Crippen molar-refractivity contribution >= 4 is 11.6 Å². The maximum atomic E-state index is 6.16. The second-order valence-electron chi connectivity index (χ2n) is 4.01. The molecule has 1 aliphatic rings. The van der Waals surface area contributed by atoms with Gasteiger partial charge in [0.05, 0.1) is 12.5 Å². The Bertz CT molecular complexity index is 547. The minimum atomic E-state index is 0.596. The van der Waals surface area contributed by atoms with E-state index in [1.165, 1.54) is 0 Å². The van der Waals surface area contributed by atoms with E-state index >= 15 is 0 Å². The Labute approximate surface area is 98.3 Å². The Balaban J connectivity index is 2.17. The molecule has 4 nitrogen and oxygen atoms in total. The van der Waals surface area contributed by atoms with Crippen LogP contribution in [0.2, 0.25) is 5.15 Å². The normalized spacial score (nSPS) is 14.1. The Hall–Kier alpha value is -1.42. The van der Waals surface area contributed by atoms with Gasteiger partial charge in [0.25, 0.3) is 0 Å². The maximum Gasteiger partial charge on any atom is 0.179 e. The smallest absolute Gasteiger partial charge is 0.179 e. The summed E-state index contributed by atoms with van der Waals surface area (Å²) in [4.78, 5) is 13.0. The predicted molar refractivity (Wildman–Crippen MR) is 61.3 cm³/mol. The maximum absolute atomic E-state index is 6.16. The van der Waals surface area contributed by atoms with Gasteiger partial charge >= 0.3 is 0 Å². The molecule has 2 aromatic heterocycles. The molecule has 0 spiro atoms. The van der Waals surface area contributed by atoms with Crippen LogP contribution in [0.25, 0.3) is 11.5 Å². The van der Waals surface area contributed by atoms with Crippen molar-refractivity contribution in [3.8, 4) is 11.5 Å². The van der Waals surface area contributed by atoms with Crippen molar-refractivity contribution in [1.82, 2.24) is 19.5 Å². The minimum Gasteiger partial charge on any atom is -0.331 e. The number of halogens is 1. The molecule has 0 bridgehead atoms. The molecule has 3 rings (SSSR count). The molecule has 82 valence electrons. The highest BCUT2D eigenvalue weighted by Crippen LogP contribution is 2.28. The van der Waals surface area contributed by atoms with E-state index in [1.54, 1.807) is 12.5 Å². The zero-order valence-corrected chi connectivity index (χ0v) is 9.70. The minimum absolute atomic E-state index is 0.596. The van der Waals surface area contributed by atoms with Gasteiger partial charge in [-0.25, -0.2) is 15.0 Å². The number of hydrogen-bond donors (Lipinski definition) is 0. The molecule has 2 heterocycles.